The fourth-order valence-electron chi connectivity index (χ4n) is 5.03. The predicted molar refractivity (Wildman–Crippen MR) is 145 cm³/mol. The maximum atomic E-state index is 13.5. The number of carbonyl (C=O) groups is 1. The number of aromatic nitrogens is 1. The van der Waals surface area contributed by atoms with Crippen LogP contribution < -0.4 is 15.4 Å². The van der Waals surface area contributed by atoms with Crippen molar-refractivity contribution >= 4 is 16.8 Å². The average Bonchev–Trinajstić information content (AvgIpc) is 3.36. The van der Waals surface area contributed by atoms with Crippen LogP contribution in [-0.4, -0.2) is 36.1 Å². The molecule has 0 unspecified atom stereocenters. The van der Waals surface area contributed by atoms with E-state index in [9.17, 15) is 4.79 Å². The minimum atomic E-state index is -0.0317. The summed E-state index contributed by atoms with van der Waals surface area (Å²) in [7, 11) is 0. The van der Waals surface area contributed by atoms with Gasteiger partial charge in [0.1, 0.15) is 5.75 Å². The fraction of sp³-hybridized carbons (Fsp3) is 0.290. The molecule has 1 heterocycles. The summed E-state index contributed by atoms with van der Waals surface area (Å²) >= 11 is 0. The quantitative estimate of drug-likeness (QED) is 0.319. The molecule has 1 aromatic heterocycles. The molecule has 0 saturated heterocycles. The van der Waals surface area contributed by atoms with Crippen LogP contribution >= 0.6 is 0 Å². The van der Waals surface area contributed by atoms with Crippen LogP contribution in [0.15, 0.2) is 84.9 Å². The van der Waals surface area contributed by atoms with Crippen LogP contribution in [0.3, 0.4) is 0 Å². The molecule has 0 spiro atoms. The molecule has 4 aromatic rings. The Morgan fingerprint density at radius 2 is 1.69 bits per heavy atom. The van der Waals surface area contributed by atoms with Gasteiger partial charge in [-0.1, -0.05) is 48.5 Å². The van der Waals surface area contributed by atoms with Gasteiger partial charge in [0, 0.05) is 23.0 Å². The summed E-state index contributed by atoms with van der Waals surface area (Å²) in [5.41, 5.74) is 4.59. The van der Waals surface area contributed by atoms with Crippen molar-refractivity contribution in [2.24, 2.45) is 0 Å². The zero-order valence-corrected chi connectivity index (χ0v) is 20.7. The van der Waals surface area contributed by atoms with E-state index < -0.39 is 0 Å². The monoisotopic (exact) mass is 479 g/mol. The first-order chi connectivity index (χ1) is 17.7. The van der Waals surface area contributed by atoms with Gasteiger partial charge in [-0.25, -0.2) is 4.98 Å². The zero-order valence-electron chi connectivity index (χ0n) is 20.7. The molecule has 1 aliphatic rings. The molecule has 184 valence electrons. The van der Waals surface area contributed by atoms with Crippen molar-refractivity contribution in [1.29, 1.82) is 0 Å². The van der Waals surface area contributed by atoms with Crippen LogP contribution in [0.5, 0.6) is 5.75 Å². The van der Waals surface area contributed by atoms with Gasteiger partial charge in [0.2, 0.25) is 0 Å². The SMILES string of the molecule is CCOc1ccc(-c2cc(C(=O)N[C@@H]3CC[C@H](NCCc4ccccc4)C3)c3ccccc3n2)cc1. The van der Waals surface area contributed by atoms with Gasteiger partial charge in [-0.2, -0.15) is 0 Å². The van der Waals surface area contributed by atoms with Crippen molar-refractivity contribution < 1.29 is 9.53 Å². The molecule has 1 amide bonds. The number of nitrogens with zero attached hydrogens (tertiary/aromatic N) is 1. The topological polar surface area (TPSA) is 63.2 Å². The van der Waals surface area contributed by atoms with Crippen molar-refractivity contribution in [2.45, 2.75) is 44.7 Å². The molecular weight excluding hydrogens is 446 g/mol. The van der Waals surface area contributed by atoms with Gasteiger partial charge in [-0.15, -0.1) is 0 Å². The molecule has 3 aromatic carbocycles. The second-order valence-electron chi connectivity index (χ2n) is 9.40. The summed E-state index contributed by atoms with van der Waals surface area (Å²) in [6, 6.07) is 28.8. The summed E-state index contributed by atoms with van der Waals surface area (Å²) in [6.07, 6.45) is 4.04. The third-order valence-corrected chi connectivity index (χ3v) is 6.88. The third kappa shape index (κ3) is 5.74. The van der Waals surface area contributed by atoms with E-state index in [1.54, 1.807) is 0 Å². The average molecular weight is 480 g/mol. The van der Waals surface area contributed by atoms with Crippen LogP contribution in [0.2, 0.25) is 0 Å². The minimum Gasteiger partial charge on any atom is -0.494 e. The van der Waals surface area contributed by atoms with E-state index in [4.69, 9.17) is 9.72 Å². The van der Waals surface area contributed by atoms with Gasteiger partial charge < -0.3 is 15.4 Å². The van der Waals surface area contributed by atoms with Crippen LogP contribution in [0.4, 0.5) is 0 Å². The molecule has 5 heteroatoms. The predicted octanol–water partition coefficient (Wildman–Crippen LogP) is 5.78. The number of para-hydroxylation sites is 1. The summed E-state index contributed by atoms with van der Waals surface area (Å²) in [5, 5.41) is 7.85. The Morgan fingerprint density at radius 1 is 0.944 bits per heavy atom. The molecule has 5 rings (SSSR count). The zero-order chi connectivity index (χ0) is 24.7. The Balaban J connectivity index is 1.26. The molecule has 1 saturated carbocycles. The Labute approximate surface area is 212 Å². The van der Waals surface area contributed by atoms with E-state index in [1.807, 2.05) is 67.6 Å². The maximum absolute atomic E-state index is 13.5. The lowest BCUT2D eigenvalue weighted by Gasteiger charge is -2.16. The van der Waals surface area contributed by atoms with Crippen molar-refractivity contribution in [3.8, 4) is 17.0 Å². The van der Waals surface area contributed by atoms with Crippen LogP contribution in [-0.2, 0) is 6.42 Å². The molecule has 5 nitrogen and oxygen atoms in total. The Bertz CT molecular complexity index is 1300. The van der Waals surface area contributed by atoms with Crippen molar-refractivity contribution in [3.05, 3.63) is 96.1 Å². The normalized spacial score (nSPS) is 17.2. The van der Waals surface area contributed by atoms with Gasteiger partial charge >= 0.3 is 0 Å². The number of fused-ring (bicyclic) bond motifs is 1. The van der Waals surface area contributed by atoms with Gasteiger partial charge in [0.05, 0.1) is 23.4 Å². The second-order valence-corrected chi connectivity index (χ2v) is 9.40. The van der Waals surface area contributed by atoms with E-state index in [1.165, 1.54) is 5.56 Å². The van der Waals surface area contributed by atoms with Gasteiger partial charge in [0.25, 0.3) is 5.91 Å². The molecule has 36 heavy (non-hydrogen) atoms. The number of pyridine rings is 1. The van der Waals surface area contributed by atoms with E-state index >= 15 is 0 Å². The molecule has 0 bridgehead atoms. The number of nitrogens with one attached hydrogen (secondary N) is 2. The smallest absolute Gasteiger partial charge is 0.252 e. The summed E-state index contributed by atoms with van der Waals surface area (Å²) in [6.45, 7) is 3.55. The number of benzene rings is 3. The van der Waals surface area contributed by atoms with Gasteiger partial charge in [-0.3, -0.25) is 4.79 Å². The van der Waals surface area contributed by atoms with Gasteiger partial charge in [-0.05, 0) is 81.1 Å². The van der Waals surface area contributed by atoms with Crippen LogP contribution in [0.1, 0.15) is 42.1 Å². The summed E-state index contributed by atoms with van der Waals surface area (Å²) in [4.78, 5) is 18.3. The number of hydrogen-bond donors (Lipinski definition) is 2. The third-order valence-electron chi connectivity index (χ3n) is 6.88. The van der Waals surface area contributed by atoms with E-state index in [-0.39, 0.29) is 11.9 Å². The molecule has 0 aliphatic heterocycles. The highest BCUT2D eigenvalue weighted by Crippen LogP contribution is 2.27. The number of rotatable bonds is 9. The molecule has 2 atom stereocenters. The molecule has 0 radical (unpaired) electrons. The van der Waals surface area contributed by atoms with Crippen molar-refractivity contribution in [2.75, 3.05) is 13.2 Å². The van der Waals surface area contributed by atoms with E-state index in [0.29, 0.717) is 18.2 Å². The largest absolute Gasteiger partial charge is 0.494 e. The van der Waals surface area contributed by atoms with Crippen molar-refractivity contribution in [1.82, 2.24) is 15.6 Å². The van der Waals surface area contributed by atoms with E-state index in [2.05, 4.69) is 34.9 Å². The minimum absolute atomic E-state index is 0.0317. The summed E-state index contributed by atoms with van der Waals surface area (Å²) < 4.78 is 5.57. The summed E-state index contributed by atoms with van der Waals surface area (Å²) in [5.74, 6) is 0.795. The molecule has 2 N–H and O–H groups in total. The number of carbonyl (C=O) groups excluding carboxylic acids is 1. The fourth-order valence-corrected chi connectivity index (χ4v) is 5.03. The molecule has 1 aliphatic carbocycles. The number of ether oxygens (including phenoxy) is 1. The first-order valence-electron chi connectivity index (χ1n) is 12.9. The number of amides is 1. The lowest BCUT2D eigenvalue weighted by Crippen LogP contribution is -2.35. The highest BCUT2D eigenvalue weighted by molar-refractivity contribution is 6.07. The number of hydrogen-bond acceptors (Lipinski definition) is 4. The van der Waals surface area contributed by atoms with E-state index in [0.717, 1.165) is 60.1 Å². The first-order valence-corrected chi connectivity index (χ1v) is 12.9. The second kappa shape index (κ2) is 11.4. The maximum Gasteiger partial charge on any atom is 0.252 e. The van der Waals surface area contributed by atoms with Gasteiger partial charge in [0.15, 0.2) is 0 Å². The lowest BCUT2D eigenvalue weighted by molar-refractivity contribution is 0.0939. The first kappa shape index (κ1) is 24.0. The van der Waals surface area contributed by atoms with Crippen LogP contribution in [0.25, 0.3) is 22.2 Å². The Kier molecular flexibility index (Phi) is 7.58. The Morgan fingerprint density at radius 3 is 2.50 bits per heavy atom. The molecule has 1 fully saturated rings. The van der Waals surface area contributed by atoms with Crippen LogP contribution in [0, 0.1) is 0 Å². The Hall–Kier alpha value is -3.70. The lowest BCUT2D eigenvalue weighted by atomic mass is 10.0. The molecular formula is C31H33N3O2. The standard InChI is InChI=1S/C31H33N3O2/c1-2-36-26-16-12-23(13-17-26)30-21-28(27-10-6-7-11-29(27)34-30)31(35)33-25-15-14-24(20-25)32-19-18-22-8-4-3-5-9-22/h3-13,16-17,21,24-25,32H,2,14-15,18-20H2,1H3,(H,33,35)/t24-,25+/m0/s1. The highest BCUT2D eigenvalue weighted by Gasteiger charge is 2.26. The highest BCUT2D eigenvalue weighted by atomic mass is 16.5. The van der Waals surface area contributed by atoms with Crippen molar-refractivity contribution in [3.63, 3.8) is 0 Å².